The van der Waals surface area contributed by atoms with Crippen molar-refractivity contribution in [2.75, 3.05) is 43.5 Å². The van der Waals surface area contributed by atoms with Gasteiger partial charge in [-0.25, -0.2) is 15.0 Å². The molecule has 0 atom stereocenters. The lowest BCUT2D eigenvalue weighted by molar-refractivity contribution is 0.102. The van der Waals surface area contributed by atoms with Crippen molar-refractivity contribution in [2.24, 2.45) is 0 Å². The zero-order valence-electron chi connectivity index (χ0n) is 17.9. The predicted octanol–water partition coefficient (Wildman–Crippen LogP) is 2.93. The van der Waals surface area contributed by atoms with Crippen LogP contribution in [-0.4, -0.2) is 54.1 Å². The highest BCUT2D eigenvalue weighted by molar-refractivity contribution is 7.14. The summed E-state index contributed by atoms with van der Waals surface area (Å²) in [5.41, 5.74) is 2.11. The topological polar surface area (TPSA) is 92.3 Å². The molecule has 0 saturated carbocycles. The summed E-state index contributed by atoms with van der Waals surface area (Å²) in [6.45, 7) is 7.75. The first kappa shape index (κ1) is 21.2. The highest BCUT2D eigenvalue weighted by Gasteiger charge is 2.26. The second-order valence-electron chi connectivity index (χ2n) is 7.85. The van der Waals surface area contributed by atoms with Crippen molar-refractivity contribution < 1.29 is 9.53 Å². The van der Waals surface area contributed by atoms with Crippen molar-refractivity contribution in [3.63, 3.8) is 0 Å². The fraction of sp³-hybridized carbons (Fsp3) is 0.364. The van der Waals surface area contributed by atoms with Gasteiger partial charge in [-0.15, -0.1) is 11.3 Å². The Bertz CT molecular complexity index is 1030. The normalized spacial score (nSPS) is 14.4. The van der Waals surface area contributed by atoms with Crippen molar-refractivity contribution in [1.29, 1.82) is 0 Å². The van der Waals surface area contributed by atoms with Crippen LogP contribution in [0.4, 0.5) is 11.1 Å². The summed E-state index contributed by atoms with van der Waals surface area (Å²) in [4.78, 5) is 28.1. The molecule has 162 valence electrons. The molecule has 2 N–H and O–H groups in total. The van der Waals surface area contributed by atoms with E-state index in [1.165, 1.54) is 11.3 Å². The minimum absolute atomic E-state index is 0.269. The number of nitrogens with zero attached hydrogens (tertiary/aromatic N) is 4. The number of piperazine rings is 1. The van der Waals surface area contributed by atoms with Crippen molar-refractivity contribution in [3.05, 3.63) is 58.9 Å². The summed E-state index contributed by atoms with van der Waals surface area (Å²) in [6.07, 6.45) is 3.13. The maximum atomic E-state index is 12.6. The first-order chi connectivity index (χ1) is 15.0. The van der Waals surface area contributed by atoms with Gasteiger partial charge in [0.15, 0.2) is 5.13 Å². The van der Waals surface area contributed by atoms with Gasteiger partial charge in [0, 0.05) is 49.4 Å². The molecule has 1 saturated heterocycles. The number of amides is 1. The van der Waals surface area contributed by atoms with Gasteiger partial charge in [-0.2, -0.15) is 0 Å². The average molecular weight is 439 g/mol. The van der Waals surface area contributed by atoms with Gasteiger partial charge in [-0.1, -0.05) is 26.0 Å². The summed E-state index contributed by atoms with van der Waals surface area (Å²) < 4.78 is 5.24. The second-order valence-corrected chi connectivity index (χ2v) is 8.71. The van der Waals surface area contributed by atoms with Gasteiger partial charge in [0.25, 0.3) is 5.91 Å². The SMILES string of the molecule is COc1ccc(C(C)(C)c2csc(NC(=O)c3cnc(N4CCNCC4)nc3)n2)cc1. The van der Waals surface area contributed by atoms with E-state index in [2.05, 4.69) is 44.3 Å². The van der Waals surface area contributed by atoms with E-state index in [-0.39, 0.29) is 11.3 Å². The second kappa shape index (κ2) is 8.99. The number of hydrogen-bond acceptors (Lipinski definition) is 8. The van der Waals surface area contributed by atoms with Gasteiger partial charge in [0.2, 0.25) is 5.95 Å². The Hall–Kier alpha value is -3.04. The van der Waals surface area contributed by atoms with Gasteiger partial charge in [0.1, 0.15) is 5.75 Å². The van der Waals surface area contributed by atoms with Crippen LogP contribution in [-0.2, 0) is 5.41 Å². The molecular formula is C22H26N6O2S. The molecule has 1 aliphatic rings. The highest BCUT2D eigenvalue weighted by Crippen LogP contribution is 2.34. The van der Waals surface area contributed by atoms with E-state index in [0.29, 0.717) is 16.6 Å². The van der Waals surface area contributed by atoms with E-state index in [4.69, 9.17) is 4.74 Å². The Balaban J connectivity index is 1.43. The van der Waals surface area contributed by atoms with Gasteiger partial charge < -0.3 is 15.0 Å². The van der Waals surface area contributed by atoms with Crippen LogP contribution in [0, 0.1) is 0 Å². The summed E-state index contributed by atoms with van der Waals surface area (Å²) in [6, 6.07) is 7.95. The highest BCUT2D eigenvalue weighted by atomic mass is 32.1. The molecule has 0 bridgehead atoms. The third-order valence-electron chi connectivity index (χ3n) is 5.48. The Kier molecular flexibility index (Phi) is 6.15. The van der Waals surface area contributed by atoms with Crippen molar-refractivity contribution in [3.8, 4) is 5.75 Å². The number of thiazole rings is 1. The molecule has 1 aliphatic heterocycles. The number of hydrogen-bond donors (Lipinski definition) is 2. The van der Waals surface area contributed by atoms with Crippen LogP contribution < -0.4 is 20.3 Å². The quantitative estimate of drug-likeness (QED) is 0.611. The molecule has 4 rings (SSSR count). The Morgan fingerprint density at radius 3 is 2.48 bits per heavy atom. The maximum Gasteiger partial charge on any atom is 0.260 e. The summed E-state index contributed by atoms with van der Waals surface area (Å²) in [7, 11) is 1.65. The number of nitrogens with one attached hydrogen (secondary N) is 2. The van der Waals surface area contributed by atoms with E-state index in [9.17, 15) is 4.79 Å². The van der Waals surface area contributed by atoms with Gasteiger partial charge in [-0.3, -0.25) is 10.1 Å². The van der Waals surface area contributed by atoms with Crippen LogP contribution in [0.25, 0.3) is 0 Å². The molecular weight excluding hydrogens is 412 g/mol. The molecule has 8 nitrogen and oxygen atoms in total. The zero-order chi connectivity index (χ0) is 21.8. The minimum atomic E-state index is -0.306. The number of anilines is 2. The van der Waals surface area contributed by atoms with Crippen LogP contribution in [0.5, 0.6) is 5.75 Å². The molecule has 3 aromatic rings. The molecule has 3 heterocycles. The molecule has 1 aromatic carbocycles. The van der Waals surface area contributed by atoms with Crippen LogP contribution in [0.3, 0.4) is 0 Å². The molecule has 1 fully saturated rings. The lowest BCUT2D eigenvalue weighted by Gasteiger charge is -2.27. The molecule has 0 radical (unpaired) electrons. The third kappa shape index (κ3) is 4.67. The largest absolute Gasteiger partial charge is 0.497 e. The number of carbonyl (C=O) groups excluding carboxylic acids is 1. The lowest BCUT2D eigenvalue weighted by atomic mass is 9.82. The zero-order valence-corrected chi connectivity index (χ0v) is 18.7. The first-order valence-corrected chi connectivity index (χ1v) is 11.0. The van der Waals surface area contributed by atoms with E-state index in [1.54, 1.807) is 19.5 Å². The Morgan fingerprint density at radius 2 is 1.84 bits per heavy atom. The average Bonchev–Trinajstić information content (AvgIpc) is 3.29. The van der Waals surface area contributed by atoms with Gasteiger partial charge in [-0.05, 0) is 17.7 Å². The smallest absolute Gasteiger partial charge is 0.260 e. The van der Waals surface area contributed by atoms with E-state index in [1.807, 2.05) is 29.6 Å². The fourth-order valence-electron chi connectivity index (χ4n) is 3.41. The number of carbonyl (C=O) groups is 1. The molecule has 31 heavy (non-hydrogen) atoms. The van der Waals surface area contributed by atoms with Gasteiger partial charge in [0.05, 0.1) is 18.4 Å². The van der Waals surface area contributed by atoms with Crippen molar-refractivity contribution in [1.82, 2.24) is 20.3 Å². The number of ether oxygens (including phenoxy) is 1. The molecule has 0 spiro atoms. The molecule has 9 heteroatoms. The number of aromatic nitrogens is 3. The Labute approximate surface area is 185 Å². The molecule has 2 aromatic heterocycles. The maximum absolute atomic E-state index is 12.6. The number of benzene rings is 1. The summed E-state index contributed by atoms with van der Waals surface area (Å²) in [5.74, 6) is 1.20. The van der Waals surface area contributed by atoms with Crippen LogP contribution in [0.2, 0.25) is 0 Å². The Morgan fingerprint density at radius 1 is 1.16 bits per heavy atom. The van der Waals surface area contributed by atoms with E-state index in [0.717, 1.165) is 43.2 Å². The lowest BCUT2D eigenvalue weighted by Crippen LogP contribution is -2.44. The monoisotopic (exact) mass is 438 g/mol. The molecule has 0 unspecified atom stereocenters. The predicted molar refractivity (Wildman–Crippen MR) is 122 cm³/mol. The fourth-order valence-corrected chi connectivity index (χ4v) is 4.28. The third-order valence-corrected chi connectivity index (χ3v) is 6.23. The number of rotatable bonds is 6. The van der Waals surface area contributed by atoms with Crippen LogP contribution in [0.15, 0.2) is 42.0 Å². The van der Waals surface area contributed by atoms with E-state index >= 15 is 0 Å². The summed E-state index contributed by atoms with van der Waals surface area (Å²) >= 11 is 1.40. The standard InChI is InChI=1S/C22H26N6O2S/c1-22(2,16-4-6-17(30-3)7-5-16)18-14-31-21(26-18)27-19(29)15-12-24-20(25-13-15)28-10-8-23-9-11-28/h4-7,12-14,23H,8-11H2,1-3H3,(H,26,27,29). The van der Waals surface area contributed by atoms with Crippen LogP contribution >= 0.6 is 11.3 Å². The van der Waals surface area contributed by atoms with Crippen molar-refractivity contribution in [2.45, 2.75) is 19.3 Å². The summed E-state index contributed by atoms with van der Waals surface area (Å²) in [5, 5.41) is 8.69. The molecule has 0 aliphatic carbocycles. The molecule has 1 amide bonds. The van der Waals surface area contributed by atoms with E-state index < -0.39 is 0 Å². The number of methoxy groups -OCH3 is 1. The van der Waals surface area contributed by atoms with Crippen LogP contribution in [0.1, 0.15) is 35.5 Å². The first-order valence-electron chi connectivity index (χ1n) is 10.2. The van der Waals surface area contributed by atoms with Crippen molar-refractivity contribution >= 4 is 28.3 Å². The van der Waals surface area contributed by atoms with Gasteiger partial charge >= 0.3 is 0 Å². The minimum Gasteiger partial charge on any atom is -0.497 e.